The first-order valence-corrected chi connectivity index (χ1v) is 13.7. The number of benzene rings is 2. The largest absolute Gasteiger partial charge is 0.489 e. The van der Waals surface area contributed by atoms with Crippen molar-refractivity contribution in [3.63, 3.8) is 0 Å². The van der Waals surface area contributed by atoms with E-state index in [4.69, 9.17) is 10.00 Å². The molecule has 2 aromatic rings. The Kier molecular flexibility index (Phi) is 8.00. The van der Waals surface area contributed by atoms with E-state index in [2.05, 4.69) is 4.72 Å². The average Bonchev–Trinajstić information content (AvgIpc) is 2.83. The van der Waals surface area contributed by atoms with Crippen molar-refractivity contribution in [3.8, 4) is 11.8 Å². The number of hydrogen-bond acceptors (Lipinski definition) is 8. The molecule has 0 atom stereocenters. The quantitative estimate of drug-likeness (QED) is 0.459. The molecule has 0 spiro atoms. The van der Waals surface area contributed by atoms with Crippen LogP contribution in [0, 0.1) is 11.3 Å². The third kappa shape index (κ3) is 6.95. The molecule has 2 aromatic carbocycles. The van der Waals surface area contributed by atoms with E-state index in [1.165, 1.54) is 33.5 Å². The van der Waals surface area contributed by atoms with Crippen LogP contribution in [0.25, 0.3) is 0 Å². The molecule has 0 bridgehead atoms. The Hall–Kier alpha value is -3.60. The van der Waals surface area contributed by atoms with Crippen LogP contribution in [0.5, 0.6) is 5.75 Å². The van der Waals surface area contributed by atoms with Crippen molar-refractivity contribution in [3.05, 3.63) is 71.6 Å². The monoisotopic (exact) mass is 520 g/mol. The van der Waals surface area contributed by atoms with Gasteiger partial charge in [-0.2, -0.15) is 9.57 Å². The highest BCUT2D eigenvalue weighted by Gasteiger charge is 2.27. The van der Waals surface area contributed by atoms with Gasteiger partial charge < -0.3 is 14.7 Å². The second kappa shape index (κ2) is 10.8. The number of carboxylic acids is 1. The predicted octanol–water partition coefficient (Wildman–Crippen LogP) is 0.919. The molecule has 1 fully saturated rings. The van der Waals surface area contributed by atoms with Crippen molar-refractivity contribution >= 4 is 26.0 Å². The average molecular weight is 521 g/mol. The van der Waals surface area contributed by atoms with E-state index in [0.29, 0.717) is 11.3 Å². The summed E-state index contributed by atoms with van der Waals surface area (Å²) in [6.45, 7) is 0.598. The minimum Gasteiger partial charge on any atom is -0.489 e. The third-order valence-corrected chi connectivity index (χ3v) is 7.84. The number of hydrogen-bond donors (Lipinski definition) is 2. The summed E-state index contributed by atoms with van der Waals surface area (Å²) in [5, 5.41) is 18.5. The maximum atomic E-state index is 12.7. The van der Waals surface area contributed by atoms with Gasteiger partial charge >= 0.3 is 5.97 Å². The smallest absolute Gasteiger partial charge is 0.353 e. The molecule has 186 valence electrons. The molecule has 0 unspecified atom stereocenters. The number of carboxylic acid groups (broad SMARTS) is 1. The van der Waals surface area contributed by atoms with Gasteiger partial charge in [0.2, 0.25) is 10.0 Å². The Morgan fingerprint density at radius 3 is 2.34 bits per heavy atom. The van der Waals surface area contributed by atoms with Gasteiger partial charge in [0.05, 0.1) is 22.8 Å². The maximum absolute atomic E-state index is 12.7. The van der Waals surface area contributed by atoms with Crippen LogP contribution in [0.1, 0.15) is 11.1 Å². The highest BCUT2D eigenvalue weighted by molar-refractivity contribution is 7.89. The van der Waals surface area contributed by atoms with Crippen LogP contribution in [0.15, 0.2) is 65.3 Å². The van der Waals surface area contributed by atoms with E-state index >= 15 is 0 Å². The third-order valence-electron chi connectivity index (χ3n) is 5.21. The Balaban J connectivity index is 1.65. The van der Waals surface area contributed by atoms with Gasteiger partial charge in [0, 0.05) is 32.4 Å². The number of piperazine rings is 1. The van der Waals surface area contributed by atoms with Crippen LogP contribution in [0.4, 0.5) is 0 Å². The molecule has 3 rings (SSSR count). The van der Waals surface area contributed by atoms with Gasteiger partial charge in [0.1, 0.15) is 18.1 Å². The van der Waals surface area contributed by atoms with E-state index in [1.54, 1.807) is 24.3 Å². The molecule has 0 saturated carbocycles. The first kappa shape index (κ1) is 26.0. The number of sulfonamides is 2. The second-order valence-corrected chi connectivity index (χ2v) is 11.4. The number of carbonyl (C=O) groups is 1. The van der Waals surface area contributed by atoms with Crippen LogP contribution in [0.2, 0.25) is 0 Å². The standard InChI is InChI=1S/C22H24N4O7S2/c1-34(29,30)26-11-9-25(10-12-26)21(22(27)28)15-24-35(31,32)20-7-5-19(6-8-20)33-16-18-4-2-3-17(13-18)14-23/h2-8,13,15,24H,9-12,16H2,1H3,(H,27,28). The zero-order valence-corrected chi connectivity index (χ0v) is 20.4. The van der Waals surface area contributed by atoms with Crippen LogP contribution in [-0.2, 0) is 31.4 Å². The number of ether oxygens (including phenoxy) is 1. The number of aliphatic carboxylic acids is 1. The van der Waals surface area contributed by atoms with Crippen molar-refractivity contribution < 1.29 is 31.5 Å². The highest BCUT2D eigenvalue weighted by atomic mass is 32.2. The lowest BCUT2D eigenvalue weighted by atomic mass is 10.1. The summed E-state index contributed by atoms with van der Waals surface area (Å²) < 4.78 is 57.6. The predicted molar refractivity (Wildman–Crippen MR) is 126 cm³/mol. The molecule has 1 aliphatic heterocycles. The van der Waals surface area contributed by atoms with Gasteiger partial charge in [-0.25, -0.2) is 21.6 Å². The summed E-state index contributed by atoms with van der Waals surface area (Å²) >= 11 is 0. The van der Waals surface area contributed by atoms with Gasteiger partial charge in [0.15, 0.2) is 0 Å². The van der Waals surface area contributed by atoms with E-state index in [1.807, 2.05) is 6.07 Å². The first-order valence-electron chi connectivity index (χ1n) is 10.4. The summed E-state index contributed by atoms with van der Waals surface area (Å²) in [6, 6.07) is 14.5. The summed E-state index contributed by atoms with van der Waals surface area (Å²) in [4.78, 5) is 13.0. The van der Waals surface area contributed by atoms with Crippen LogP contribution >= 0.6 is 0 Å². The van der Waals surface area contributed by atoms with Gasteiger partial charge in [-0.15, -0.1) is 0 Å². The van der Waals surface area contributed by atoms with Crippen molar-refractivity contribution in [2.24, 2.45) is 0 Å². The SMILES string of the molecule is CS(=O)(=O)N1CCN(C(=CNS(=O)(=O)c2ccc(OCc3cccc(C#N)c3)cc2)C(=O)O)CC1. The minimum atomic E-state index is -4.07. The topological polar surface area (TPSA) is 157 Å². The number of nitrogens with zero attached hydrogens (tertiary/aromatic N) is 3. The van der Waals surface area contributed by atoms with E-state index in [9.17, 15) is 26.7 Å². The Morgan fingerprint density at radius 1 is 1.11 bits per heavy atom. The molecular weight excluding hydrogens is 496 g/mol. The molecule has 0 radical (unpaired) electrons. The second-order valence-electron chi connectivity index (χ2n) is 7.68. The highest BCUT2D eigenvalue weighted by Crippen LogP contribution is 2.18. The molecule has 11 nitrogen and oxygen atoms in total. The minimum absolute atomic E-state index is 0.0957. The van der Waals surface area contributed by atoms with E-state index in [-0.39, 0.29) is 43.4 Å². The lowest BCUT2D eigenvalue weighted by Crippen LogP contribution is -2.49. The molecule has 13 heteroatoms. The van der Waals surface area contributed by atoms with Gasteiger partial charge in [0.25, 0.3) is 10.0 Å². The summed E-state index contributed by atoms with van der Waals surface area (Å²) in [5.41, 5.74) is 0.997. The molecule has 0 aliphatic carbocycles. The van der Waals surface area contributed by atoms with Gasteiger partial charge in [-0.05, 0) is 42.0 Å². The maximum Gasteiger partial charge on any atom is 0.353 e. The van der Waals surface area contributed by atoms with Crippen LogP contribution < -0.4 is 9.46 Å². The molecule has 1 saturated heterocycles. The molecule has 2 N–H and O–H groups in total. The van der Waals surface area contributed by atoms with Crippen molar-refractivity contribution in [1.82, 2.24) is 13.9 Å². The molecule has 1 heterocycles. The molecule has 0 amide bonds. The van der Waals surface area contributed by atoms with Gasteiger partial charge in [-0.3, -0.25) is 4.72 Å². The Morgan fingerprint density at radius 2 is 1.77 bits per heavy atom. The van der Waals surface area contributed by atoms with Crippen LogP contribution in [-0.4, -0.2) is 69.6 Å². The first-order chi connectivity index (χ1) is 16.5. The lowest BCUT2D eigenvalue weighted by molar-refractivity contribution is -0.134. The van der Waals surface area contributed by atoms with Crippen molar-refractivity contribution in [2.45, 2.75) is 11.5 Å². The van der Waals surface area contributed by atoms with E-state index in [0.717, 1.165) is 18.0 Å². The van der Waals surface area contributed by atoms with Crippen molar-refractivity contribution in [2.75, 3.05) is 32.4 Å². The Bertz CT molecular complexity index is 1360. The zero-order chi connectivity index (χ0) is 25.6. The molecular formula is C22H24N4O7S2. The summed E-state index contributed by atoms with van der Waals surface area (Å²) in [6.07, 6.45) is 1.97. The Labute approximate surface area is 203 Å². The fourth-order valence-corrected chi connectivity index (χ4v) is 5.09. The zero-order valence-electron chi connectivity index (χ0n) is 18.8. The molecule has 1 aliphatic rings. The number of nitrogens with one attached hydrogen (secondary N) is 1. The fourth-order valence-electron chi connectivity index (χ4n) is 3.36. The van der Waals surface area contributed by atoms with Crippen LogP contribution in [0.3, 0.4) is 0 Å². The molecule has 0 aromatic heterocycles. The lowest BCUT2D eigenvalue weighted by Gasteiger charge is -2.34. The number of nitriles is 1. The number of rotatable bonds is 9. The fraction of sp³-hybridized carbons (Fsp3) is 0.273. The van der Waals surface area contributed by atoms with Crippen molar-refractivity contribution in [1.29, 1.82) is 5.26 Å². The normalized spacial score (nSPS) is 15.3. The molecule has 35 heavy (non-hydrogen) atoms. The van der Waals surface area contributed by atoms with Gasteiger partial charge in [-0.1, -0.05) is 12.1 Å². The van der Waals surface area contributed by atoms with E-state index < -0.39 is 26.0 Å². The summed E-state index contributed by atoms with van der Waals surface area (Å²) in [7, 11) is -7.46. The summed E-state index contributed by atoms with van der Waals surface area (Å²) in [5.74, 6) is -0.929.